The van der Waals surface area contributed by atoms with Crippen molar-refractivity contribution in [2.24, 2.45) is 0 Å². The van der Waals surface area contributed by atoms with E-state index in [0.29, 0.717) is 19.6 Å². The second-order valence-corrected chi connectivity index (χ2v) is 7.15. The predicted molar refractivity (Wildman–Crippen MR) is 107 cm³/mol. The lowest BCUT2D eigenvalue weighted by Gasteiger charge is -2.34. The molecule has 1 fully saturated rings. The number of H-pyrrole nitrogens is 1. The standard InChI is InChI=1S/C22H23N3O2/c1-16-7-8-18-14-19(21(26)23-20(18)13-16)15-24-9-11-25(12-10-24)22(27)17-5-3-2-4-6-17/h2-8,13-14H,9-12,15H2,1H3,(H,23,26). The normalized spacial score (nSPS) is 15.2. The Morgan fingerprint density at radius 1 is 1.00 bits per heavy atom. The van der Waals surface area contributed by atoms with Gasteiger partial charge < -0.3 is 9.88 Å². The van der Waals surface area contributed by atoms with Crippen LogP contribution in [0.4, 0.5) is 0 Å². The third-order valence-corrected chi connectivity index (χ3v) is 5.15. The number of nitrogens with one attached hydrogen (secondary N) is 1. The molecule has 5 nitrogen and oxygen atoms in total. The van der Waals surface area contributed by atoms with Gasteiger partial charge in [0.05, 0.1) is 0 Å². The molecule has 0 saturated carbocycles. The molecular formula is C22H23N3O2. The van der Waals surface area contributed by atoms with Crippen molar-refractivity contribution in [1.82, 2.24) is 14.8 Å². The topological polar surface area (TPSA) is 56.4 Å². The highest BCUT2D eigenvalue weighted by Crippen LogP contribution is 2.15. The van der Waals surface area contributed by atoms with Gasteiger partial charge in [-0.1, -0.05) is 30.3 Å². The molecule has 1 saturated heterocycles. The van der Waals surface area contributed by atoms with Gasteiger partial charge in [-0.3, -0.25) is 14.5 Å². The second-order valence-electron chi connectivity index (χ2n) is 7.15. The van der Waals surface area contributed by atoms with E-state index in [2.05, 4.69) is 16.0 Å². The summed E-state index contributed by atoms with van der Waals surface area (Å²) >= 11 is 0. The Balaban J connectivity index is 1.43. The third-order valence-electron chi connectivity index (χ3n) is 5.15. The van der Waals surface area contributed by atoms with E-state index in [1.807, 2.05) is 60.4 Å². The first-order valence-electron chi connectivity index (χ1n) is 9.29. The number of amides is 1. The van der Waals surface area contributed by atoms with Crippen molar-refractivity contribution in [3.8, 4) is 0 Å². The quantitative estimate of drug-likeness (QED) is 0.780. The minimum atomic E-state index is -0.0316. The van der Waals surface area contributed by atoms with E-state index in [1.54, 1.807) is 0 Å². The molecule has 138 valence electrons. The number of pyridine rings is 1. The highest BCUT2D eigenvalue weighted by atomic mass is 16.2. The van der Waals surface area contributed by atoms with Crippen LogP contribution in [0.3, 0.4) is 0 Å². The number of aryl methyl sites for hydroxylation is 1. The molecule has 27 heavy (non-hydrogen) atoms. The number of carbonyl (C=O) groups excluding carboxylic acids is 1. The summed E-state index contributed by atoms with van der Waals surface area (Å²) in [5, 5.41) is 1.05. The Labute approximate surface area is 158 Å². The van der Waals surface area contributed by atoms with Crippen LogP contribution in [0.2, 0.25) is 0 Å². The lowest BCUT2D eigenvalue weighted by Crippen LogP contribution is -2.48. The number of carbonyl (C=O) groups is 1. The van der Waals surface area contributed by atoms with Gasteiger partial charge >= 0.3 is 0 Å². The number of hydrogen-bond donors (Lipinski definition) is 1. The molecule has 2 heterocycles. The molecule has 3 aromatic rings. The van der Waals surface area contributed by atoms with Crippen molar-refractivity contribution >= 4 is 16.8 Å². The number of fused-ring (bicyclic) bond motifs is 1. The van der Waals surface area contributed by atoms with Gasteiger partial charge in [0.15, 0.2) is 0 Å². The lowest BCUT2D eigenvalue weighted by atomic mass is 10.1. The molecule has 0 atom stereocenters. The summed E-state index contributed by atoms with van der Waals surface area (Å²) in [6.45, 7) is 5.51. The Bertz CT molecular complexity index is 1020. The second kappa shape index (κ2) is 7.37. The molecule has 0 radical (unpaired) electrons. The van der Waals surface area contributed by atoms with Crippen molar-refractivity contribution in [2.45, 2.75) is 13.5 Å². The van der Waals surface area contributed by atoms with Crippen LogP contribution in [0, 0.1) is 6.92 Å². The van der Waals surface area contributed by atoms with Crippen molar-refractivity contribution in [2.75, 3.05) is 26.2 Å². The molecule has 0 aliphatic carbocycles. The zero-order valence-electron chi connectivity index (χ0n) is 15.4. The summed E-state index contributed by atoms with van der Waals surface area (Å²) in [7, 11) is 0. The van der Waals surface area contributed by atoms with E-state index in [9.17, 15) is 9.59 Å². The molecule has 1 aliphatic rings. The van der Waals surface area contributed by atoms with E-state index in [4.69, 9.17) is 0 Å². The zero-order valence-corrected chi connectivity index (χ0v) is 15.4. The summed E-state index contributed by atoms with van der Waals surface area (Å²) in [5.74, 6) is 0.0779. The molecule has 2 aromatic carbocycles. The molecule has 0 spiro atoms. The fraction of sp³-hybridized carbons (Fsp3) is 0.273. The first-order valence-corrected chi connectivity index (χ1v) is 9.29. The van der Waals surface area contributed by atoms with Gasteiger partial charge in [-0.25, -0.2) is 0 Å². The van der Waals surface area contributed by atoms with Gasteiger partial charge in [-0.05, 0) is 42.1 Å². The molecule has 5 heteroatoms. The van der Waals surface area contributed by atoms with Crippen molar-refractivity contribution in [3.05, 3.63) is 81.6 Å². The first-order chi connectivity index (χ1) is 13.1. The largest absolute Gasteiger partial charge is 0.336 e. The van der Waals surface area contributed by atoms with Gasteiger partial charge in [0, 0.05) is 49.4 Å². The maximum atomic E-state index is 12.5. The number of benzene rings is 2. The molecule has 0 bridgehead atoms. The van der Waals surface area contributed by atoms with Crippen LogP contribution in [-0.4, -0.2) is 46.9 Å². The highest BCUT2D eigenvalue weighted by molar-refractivity contribution is 5.94. The average Bonchev–Trinajstić information content (AvgIpc) is 2.69. The first kappa shape index (κ1) is 17.5. The molecule has 4 rings (SSSR count). The van der Waals surface area contributed by atoms with Crippen LogP contribution in [0.15, 0.2) is 59.4 Å². The number of nitrogens with zero attached hydrogens (tertiary/aromatic N) is 2. The van der Waals surface area contributed by atoms with Gasteiger partial charge in [0.2, 0.25) is 0 Å². The molecule has 1 N–H and O–H groups in total. The third kappa shape index (κ3) is 3.78. The van der Waals surface area contributed by atoms with Crippen molar-refractivity contribution < 1.29 is 4.79 Å². The van der Waals surface area contributed by atoms with E-state index >= 15 is 0 Å². The monoisotopic (exact) mass is 361 g/mol. The van der Waals surface area contributed by atoms with Crippen LogP contribution in [0.1, 0.15) is 21.5 Å². The molecule has 1 aromatic heterocycles. The van der Waals surface area contributed by atoms with Crippen molar-refractivity contribution in [3.63, 3.8) is 0 Å². The number of aromatic nitrogens is 1. The fourth-order valence-electron chi connectivity index (χ4n) is 3.59. The Morgan fingerprint density at radius 2 is 1.74 bits per heavy atom. The smallest absolute Gasteiger partial charge is 0.253 e. The predicted octanol–water partition coefficient (Wildman–Crippen LogP) is 2.79. The summed E-state index contributed by atoms with van der Waals surface area (Å²) < 4.78 is 0. The summed E-state index contributed by atoms with van der Waals surface area (Å²) in [6, 6.07) is 17.5. The van der Waals surface area contributed by atoms with Gasteiger partial charge in [-0.15, -0.1) is 0 Å². The van der Waals surface area contributed by atoms with Gasteiger partial charge in [-0.2, -0.15) is 0 Å². The van der Waals surface area contributed by atoms with Crippen molar-refractivity contribution in [1.29, 1.82) is 0 Å². The van der Waals surface area contributed by atoms with Crippen LogP contribution >= 0.6 is 0 Å². The molecule has 0 unspecified atom stereocenters. The van der Waals surface area contributed by atoms with Gasteiger partial charge in [0.1, 0.15) is 0 Å². The van der Waals surface area contributed by atoms with E-state index in [1.165, 1.54) is 0 Å². The highest BCUT2D eigenvalue weighted by Gasteiger charge is 2.22. The number of rotatable bonds is 3. The average molecular weight is 361 g/mol. The zero-order chi connectivity index (χ0) is 18.8. The van der Waals surface area contributed by atoms with Crippen LogP contribution < -0.4 is 5.56 Å². The van der Waals surface area contributed by atoms with Crippen LogP contribution in [0.25, 0.3) is 10.9 Å². The summed E-state index contributed by atoms with van der Waals surface area (Å²) in [6.07, 6.45) is 0. The molecule has 1 amide bonds. The van der Waals surface area contributed by atoms with Crippen LogP contribution in [0.5, 0.6) is 0 Å². The minimum absolute atomic E-state index is 0.0316. The lowest BCUT2D eigenvalue weighted by molar-refractivity contribution is 0.0628. The summed E-state index contributed by atoms with van der Waals surface area (Å²) in [4.78, 5) is 32.1. The number of hydrogen-bond acceptors (Lipinski definition) is 3. The Kier molecular flexibility index (Phi) is 4.77. The number of piperazine rings is 1. The summed E-state index contributed by atoms with van der Waals surface area (Å²) in [5.41, 5.74) is 3.48. The Morgan fingerprint density at radius 3 is 2.48 bits per heavy atom. The van der Waals surface area contributed by atoms with E-state index in [-0.39, 0.29) is 11.5 Å². The van der Waals surface area contributed by atoms with E-state index < -0.39 is 0 Å². The molecular weight excluding hydrogens is 338 g/mol. The SMILES string of the molecule is Cc1ccc2cc(CN3CCN(C(=O)c4ccccc4)CC3)c(=O)[nH]c2c1. The Hall–Kier alpha value is -2.92. The number of aromatic amines is 1. The van der Waals surface area contributed by atoms with Gasteiger partial charge in [0.25, 0.3) is 11.5 Å². The minimum Gasteiger partial charge on any atom is -0.336 e. The maximum Gasteiger partial charge on any atom is 0.253 e. The maximum absolute atomic E-state index is 12.5. The van der Waals surface area contributed by atoms with Crippen LogP contribution in [-0.2, 0) is 6.54 Å². The molecule has 1 aliphatic heterocycles. The van der Waals surface area contributed by atoms with E-state index in [0.717, 1.165) is 40.7 Å². The fourth-order valence-corrected chi connectivity index (χ4v) is 3.59.